The molecule has 6 nitrogen and oxygen atoms in total. The zero-order chi connectivity index (χ0) is 24.6. The van der Waals surface area contributed by atoms with Crippen LogP contribution in [0.2, 0.25) is 0 Å². The molecule has 3 aromatic carbocycles. The van der Waals surface area contributed by atoms with Crippen molar-refractivity contribution < 1.29 is 9.15 Å². The van der Waals surface area contributed by atoms with Gasteiger partial charge in [-0.3, -0.25) is 4.79 Å². The van der Waals surface area contributed by atoms with Crippen LogP contribution in [0.5, 0.6) is 5.75 Å². The highest BCUT2D eigenvalue weighted by atomic mass is 79.9. The first-order chi connectivity index (χ1) is 16.8. The number of halogens is 1. The van der Waals surface area contributed by atoms with E-state index in [4.69, 9.17) is 14.1 Å². The van der Waals surface area contributed by atoms with Gasteiger partial charge in [-0.25, -0.2) is 4.98 Å². The molecule has 0 aliphatic heterocycles. The molecule has 0 amide bonds. The predicted octanol–water partition coefficient (Wildman–Crippen LogP) is 6.88. The monoisotopic (exact) mass is 529 g/mol. The summed E-state index contributed by atoms with van der Waals surface area (Å²) < 4.78 is 14.2. The van der Waals surface area contributed by atoms with Crippen molar-refractivity contribution in [3.8, 4) is 17.3 Å². The topological polar surface area (TPSA) is 69.6 Å². The minimum absolute atomic E-state index is 0.0469. The van der Waals surface area contributed by atoms with Gasteiger partial charge in [-0.15, -0.1) is 0 Å². The Labute approximate surface area is 211 Å². The summed E-state index contributed by atoms with van der Waals surface area (Å²) in [5.41, 5.74) is 1.85. The minimum atomic E-state index is -0.274. The quantitative estimate of drug-likeness (QED) is 0.232. The van der Waals surface area contributed by atoms with Crippen LogP contribution in [0.1, 0.15) is 26.3 Å². The van der Waals surface area contributed by atoms with Gasteiger partial charge in [-0.2, -0.15) is 9.78 Å². The fourth-order valence-electron chi connectivity index (χ4n) is 3.62. The number of ether oxygens (including phenoxy) is 1. The molecule has 0 spiro atoms. The number of para-hydroxylation sites is 1. The molecule has 176 valence electrons. The maximum Gasteiger partial charge on any atom is 0.282 e. The van der Waals surface area contributed by atoms with Crippen molar-refractivity contribution in [1.29, 1.82) is 0 Å². The number of benzene rings is 3. The summed E-state index contributed by atoms with van der Waals surface area (Å²) in [6.07, 6.45) is 1.63. The van der Waals surface area contributed by atoms with Crippen molar-refractivity contribution in [3.05, 3.63) is 93.2 Å². The summed E-state index contributed by atoms with van der Waals surface area (Å²) in [5, 5.41) is 5.91. The number of furan rings is 1. The molecule has 0 fully saturated rings. The molecule has 0 atom stereocenters. The first-order valence-corrected chi connectivity index (χ1v) is 12.0. The molecule has 5 rings (SSSR count). The Morgan fingerprint density at radius 3 is 2.71 bits per heavy atom. The van der Waals surface area contributed by atoms with Gasteiger partial charge in [0, 0.05) is 9.86 Å². The second kappa shape index (κ2) is 9.15. The van der Waals surface area contributed by atoms with Crippen LogP contribution in [-0.4, -0.2) is 22.5 Å². The number of hydrogen-bond acceptors (Lipinski definition) is 5. The summed E-state index contributed by atoms with van der Waals surface area (Å²) in [4.78, 5) is 18.2. The van der Waals surface area contributed by atoms with Gasteiger partial charge in [0.05, 0.1) is 23.7 Å². The van der Waals surface area contributed by atoms with E-state index >= 15 is 0 Å². The van der Waals surface area contributed by atoms with Gasteiger partial charge in [0.2, 0.25) is 5.82 Å². The highest BCUT2D eigenvalue weighted by Gasteiger charge is 2.17. The van der Waals surface area contributed by atoms with Crippen molar-refractivity contribution in [2.75, 3.05) is 6.61 Å². The lowest BCUT2D eigenvalue weighted by atomic mass is 9.99. The summed E-state index contributed by atoms with van der Waals surface area (Å²) in [7, 11) is 0. The van der Waals surface area contributed by atoms with Gasteiger partial charge in [0.1, 0.15) is 11.3 Å². The van der Waals surface area contributed by atoms with E-state index in [1.807, 2.05) is 66.7 Å². The Hall–Kier alpha value is -3.71. The van der Waals surface area contributed by atoms with Crippen LogP contribution in [0.3, 0.4) is 0 Å². The summed E-state index contributed by atoms with van der Waals surface area (Å²) in [6.45, 7) is 6.95. The van der Waals surface area contributed by atoms with E-state index in [9.17, 15) is 4.79 Å². The molecular formula is C28H24BrN3O3. The van der Waals surface area contributed by atoms with Crippen molar-refractivity contribution in [1.82, 2.24) is 9.66 Å². The van der Waals surface area contributed by atoms with Gasteiger partial charge in [0.25, 0.3) is 5.56 Å². The predicted molar refractivity (Wildman–Crippen MR) is 143 cm³/mol. The highest BCUT2D eigenvalue weighted by Crippen LogP contribution is 2.29. The smallest absolute Gasteiger partial charge is 0.282 e. The van der Waals surface area contributed by atoms with Gasteiger partial charge in [0.15, 0.2) is 5.76 Å². The second-order valence-corrected chi connectivity index (χ2v) is 10.4. The van der Waals surface area contributed by atoms with Gasteiger partial charge in [-0.05, 0) is 59.5 Å². The lowest BCUT2D eigenvalue weighted by Crippen LogP contribution is -2.20. The normalized spacial score (nSPS) is 12.1. The van der Waals surface area contributed by atoms with Crippen molar-refractivity contribution >= 4 is 44.0 Å². The Kier molecular flexibility index (Phi) is 6.03. The van der Waals surface area contributed by atoms with Crippen LogP contribution < -0.4 is 10.3 Å². The SMILES string of the molecule is CC(C)(C)COc1cccc(C=Nn2c(-c3cc4cc(Br)ccc4o3)nc3ccccc3c2=O)c1. The third-order valence-corrected chi connectivity index (χ3v) is 5.80. The third-order valence-electron chi connectivity index (χ3n) is 5.30. The molecule has 0 saturated carbocycles. The molecule has 35 heavy (non-hydrogen) atoms. The maximum absolute atomic E-state index is 13.4. The lowest BCUT2D eigenvalue weighted by molar-refractivity contribution is 0.198. The first kappa shape index (κ1) is 23.1. The third kappa shape index (κ3) is 5.05. The molecule has 0 radical (unpaired) electrons. The van der Waals surface area contributed by atoms with E-state index in [0.717, 1.165) is 21.2 Å². The molecule has 0 unspecified atom stereocenters. The molecule has 0 saturated heterocycles. The van der Waals surface area contributed by atoms with Crippen molar-refractivity contribution in [2.45, 2.75) is 20.8 Å². The van der Waals surface area contributed by atoms with Crippen LogP contribution in [0.25, 0.3) is 33.5 Å². The van der Waals surface area contributed by atoms with Gasteiger partial charge < -0.3 is 9.15 Å². The van der Waals surface area contributed by atoms with E-state index in [1.165, 1.54) is 4.68 Å². The summed E-state index contributed by atoms with van der Waals surface area (Å²) in [5.74, 6) is 1.54. The van der Waals surface area contributed by atoms with E-state index in [-0.39, 0.29) is 11.0 Å². The zero-order valence-corrected chi connectivity index (χ0v) is 21.2. The van der Waals surface area contributed by atoms with Crippen molar-refractivity contribution in [3.63, 3.8) is 0 Å². The van der Waals surface area contributed by atoms with Gasteiger partial charge >= 0.3 is 0 Å². The number of aromatic nitrogens is 2. The molecule has 0 bridgehead atoms. The summed E-state index contributed by atoms with van der Waals surface area (Å²) in [6, 6.07) is 22.4. The van der Waals surface area contributed by atoms with E-state index < -0.39 is 0 Å². The van der Waals surface area contributed by atoms with Gasteiger partial charge in [-0.1, -0.05) is 61.0 Å². The molecule has 0 aliphatic rings. The molecule has 5 aromatic rings. The van der Waals surface area contributed by atoms with E-state index in [2.05, 4.69) is 41.8 Å². The fraction of sp³-hybridized carbons (Fsp3) is 0.179. The van der Waals surface area contributed by atoms with Crippen LogP contribution in [0.4, 0.5) is 0 Å². The average Bonchev–Trinajstić information content (AvgIpc) is 3.25. The molecular weight excluding hydrogens is 506 g/mol. The van der Waals surface area contributed by atoms with Crippen LogP contribution in [0.15, 0.2) is 91.6 Å². The number of fused-ring (bicyclic) bond motifs is 2. The first-order valence-electron chi connectivity index (χ1n) is 11.3. The summed E-state index contributed by atoms with van der Waals surface area (Å²) >= 11 is 3.49. The Morgan fingerprint density at radius 1 is 1.06 bits per heavy atom. The number of rotatable bonds is 5. The number of hydrogen-bond donors (Lipinski definition) is 0. The molecule has 0 aliphatic carbocycles. The average molecular weight is 530 g/mol. The van der Waals surface area contributed by atoms with E-state index in [0.29, 0.717) is 34.7 Å². The maximum atomic E-state index is 13.4. The second-order valence-electron chi connectivity index (χ2n) is 9.53. The van der Waals surface area contributed by atoms with Crippen LogP contribution >= 0.6 is 15.9 Å². The van der Waals surface area contributed by atoms with Crippen LogP contribution in [0, 0.1) is 5.41 Å². The highest BCUT2D eigenvalue weighted by molar-refractivity contribution is 9.10. The molecule has 2 heterocycles. The zero-order valence-electron chi connectivity index (χ0n) is 19.7. The fourth-order valence-corrected chi connectivity index (χ4v) is 4.00. The molecule has 7 heteroatoms. The Balaban J connectivity index is 1.60. The molecule has 0 N–H and O–H groups in total. The lowest BCUT2D eigenvalue weighted by Gasteiger charge is -2.18. The Bertz CT molecular complexity index is 1630. The number of nitrogens with zero attached hydrogens (tertiary/aromatic N) is 3. The van der Waals surface area contributed by atoms with E-state index in [1.54, 1.807) is 12.3 Å². The van der Waals surface area contributed by atoms with Crippen molar-refractivity contribution in [2.24, 2.45) is 10.5 Å². The standard InChI is InChI=1S/C28H24BrN3O3/c1-28(2,3)17-34-21-8-6-7-18(13-21)16-30-32-26(31-23-10-5-4-9-22(23)27(32)33)25-15-19-14-20(29)11-12-24(19)35-25/h4-16H,17H2,1-3H3. The molecule has 2 aromatic heterocycles. The van der Waals surface area contributed by atoms with Crippen LogP contribution in [-0.2, 0) is 0 Å². The Morgan fingerprint density at radius 2 is 1.89 bits per heavy atom. The minimum Gasteiger partial charge on any atom is -0.493 e. The largest absolute Gasteiger partial charge is 0.493 e.